The molecule has 0 aromatic carbocycles. The lowest BCUT2D eigenvalue weighted by Crippen LogP contribution is -2.13. The molecule has 1 heterocycles. The van der Waals surface area contributed by atoms with Crippen molar-refractivity contribution < 1.29 is 0 Å². The van der Waals surface area contributed by atoms with Gasteiger partial charge in [-0.05, 0) is 0 Å². The second kappa shape index (κ2) is 2.64. The second-order valence-corrected chi connectivity index (χ2v) is 2.15. The Morgan fingerprint density at radius 2 is 2.40 bits per heavy atom. The molecule has 3 heteroatoms. The molecule has 0 spiro atoms. The van der Waals surface area contributed by atoms with Gasteiger partial charge < -0.3 is 4.57 Å². The highest BCUT2D eigenvalue weighted by Crippen LogP contribution is 1.88. The van der Waals surface area contributed by atoms with E-state index < -0.39 is 0 Å². The lowest BCUT2D eigenvalue weighted by Gasteiger charge is -2.01. The zero-order chi connectivity index (χ0) is 7.56. The van der Waals surface area contributed by atoms with Gasteiger partial charge in [-0.25, -0.2) is 0 Å². The molecular weight excluding hydrogens is 128 g/mol. The summed E-state index contributed by atoms with van der Waals surface area (Å²) in [7, 11) is 1.88. The van der Waals surface area contributed by atoms with E-state index in [0.29, 0.717) is 0 Å². The fourth-order valence-electron chi connectivity index (χ4n) is 0.833. The summed E-state index contributed by atoms with van der Waals surface area (Å²) in [5.41, 5.74) is -0.157. The highest BCUT2D eigenvalue weighted by Gasteiger charge is 1.93. The quantitative estimate of drug-likeness (QED) is 0.561. The third kappa shape index (κ3) is 1.23. The van der Waals surface area contributed by atoms with Gasteiger partial charge in [-0.2, -0.15) is 4.98 Å². The Morgan fingerprint density at radius 3 is 2.90 bits per heavy atom. The predicted octanol–water partition coefficient (Wildman–Crippen LogP) is 0.343. The average Bonchev–Trinajstić information content (AvgIpc) is 1.94. The number of hydrogen-bond acceptors (Lipinski definition) is 2. The summed E-state index contributed by atoms with van der Waals surface area (Å²) in [5.74, 6) is 0.826. The van der Waals surface area contributed by atoms with Gasteiger partial charge in [0.1, 0.15) is 5.82 Å². The van der Waals surface area contributed by atoms with Crippen molar-refractivity contribution in [2.75, 3.05) is 0 Å². The Labute approximate surface area is 59.3 Å². The van der Waals surface area contributed by atoms with Crippen LogP contribution in [0.25, 0.3) is 0 Å². The van der Waals surface area contributed by atoms with Gasteiger partial charge in [-0.1, -0.05) is 6.92 Å². The molecular formula is C7H10N2O. The molecule has 0 saturated carbocycles. The van der Waals surface area contributed by atoms with E-state index in [2.05, 4.69) is 4.98 Å². The van der Waals surface area contributed by atoms with Crippen molar-refractivity contribution in [2.24, 2.45) is 7.05 Å². The Kier molecular flexibility index (Phi) is 1.85. The van der Waals surface area contributed by atoms with Crippen LogP contribution >= 0.6 is 0 Å². The number of aromatic nitrogens is 2. The third-order valence-electron chi connectivity index (χ3n) is 1.40. The summed E-state index contributed by atoms with van der Waals surface area (Å²) in [6.07, 6.45) is 2.53. The minimum Gasteiger partial charge on any atom is -0.339 e. The summed E-state index contributed by atoms with van der Waals surface area (Å²) >= 11 is 0. The first-order valence-electron chi connectivity index (χ1n) is 3.26. The van der Waals surface area contributed by atoms with Crippen LogP contribution < -0.4 is 5.56 Å². The molecule has 3 nitrogen and oxygen atoms in total. The highest BCUT2D eigenvalue weighted by atomic mass is 16.1. The fourth-order valence-corrected chi connectivity index (χ4v) is 0.833. The summed E-state index contributed by atoms with van der Waals surface area (Å²) in [5, 5.41) is 0. The SMILES string of the molecule is CCc1nc(=O)ccn1C. The first-order chi connectivity index (χ1) is 4.74. The molecule has 0 unspecified atom stereocenters. The fraction of sp³-hybridized carbons (Fsp3) is 0.429. The molecule has 0 radical (unpaired) electrons. The predicted molar refractivity (Wildman–Crippen MR) is 38.9 cm³/mol. The number of aryl methyl sites for hydroxylation is 2. The van der Waals surface area contributed by atoms with Gasteiger partial charge in [0.2, 0.25) is 0 Å². The monoisotopic (exact) mass is 138 g/mol. The standard InChI is InChI=1S/C7H10N2O/c1-3-6-8-7(10)4-5-9(6)2/h4-5H,3H2,1-2H3. The van der Waals surface area contributed by atoms with Gasteiger partial charge in [0.05, 0.1) is 0 Å². The van der Waals surface area contributed by atoms with Crippen LogP contribution in [0.15, 0.2) is 17.1 Å². The van der Waals surface area contributed by atoms with Crippen molar-refractivity contribution in [1.82, 2.24) is 9.55 Å². The molecule has 0 bridgehead atoms. The topological polar surface area (TPSA) is 34.9 Å². The second-order valence-electron chi connectivity index (χ2n) is 2.15. The number of hydrogen-bond donors (Lipinski definition) is 0. The molecule has 0 atom stereocenters. The van der Waals surface area contributed by atoms with Crippen LogP contribution in [0.5, 0.6) is 0 Å². The van der Waals surface area contributed by atoms with Crippen molar-refractivity contribution in [2.45, 2.75) is 13.3 Å². The number of nitrogens with zero attached hydrogens (tertiary/aromatic N) is 2. The van der Waals surface area contributed by atoms with E-state index in [1.54, 1.807) is 6.20 Å². The first-order valence-corrected chi connectivity index (χ1v) is 3.26. The summed E-state index contributed by atoms with van der Waals surface area (Å²) in [4.78, 5) is 14.5. The Morgan fingerprint density at radius 1 is 1.70 bits per heavy atom. The maximum Gasteiger partial charge on any atom is 0.272 e. The molecule has 0 N–H and O–H groups in total. The molecule has 1 aromatic heterocycles. The Hall–Kier alpha value is -1.12. The van der Waals surface area contributed by atoms with E-state index in [4.69, 9.17) is 0 Å². The molecule has 1 rings (SSSR count). The smallest absolute Gasteiger partial charge is 0.272 e. The van der Waals surface area contributed by atoms with E-state index in [0.717, 1.165) is 12.2 Å². The van der Waals surface area contributed by atoms with Crippen LogP contribution in [-0.2, 0) is 13.5 Å². The van der Waals surface area contributed by atoms with Gasteiger partial charge in [-0.15, -0.1) is 0 Å². The lowest BCUT2D eigenvalue weighted by molar-refractivity contribution is 0.754. The maximum atomic E-state index is 10.7. The van der Waals surface area contributed by atoms with Gasteiger partial charge in [0.15, 0.2) is 0 Å². The van der Waals surface area contributed by atoms with Gasteiger partial charge in [0, 0.05) is 25.7 Å². The minimum absolute atomic E-state index is 0.157. The van der Waals surface area contributed by atoms with Crippen molar-refractivity contribution >= 4 is 0 Å². The van der Waals surface area contributed by atoms with Crippen molar-refractivity contribution in [3.8, 4) is 0 Å². The third-order valence-corrected chi connectivity index (χ3v) is 1.40. The molecule has 0 aliphatic heterocycles. The highest BCUT2D eigenvalue weighted by molar-refractivity contribution is 4.91. The Balaban J connectivity index is 3.22. The lowest BCUT2D eigenvalue weighted by atomic mass is 10.4. The van der Waals surface area contributed by atoms with E-state index in [9.17, 15) is 4.79 Å². The largest absolute Gasteiger partial charge is 0.339 e. The molecule has 0 fully saturated rings. The molecule has 54 valence electrons. The van der Waals surface area contributed by atoms with E-state index in [1.165, 1.54) is 6.07 Å². The van der Waals surface area contributed by atoms with E-state index >= 15 is 0 Å². The van der Waals surface area contributed by atoms with Crippen molar-refractivity contribution in [3.63, 3.8) is 0 Å². The Bertz CT molecular complexity index is 277. The van der Waals surface area contributed by atoms with Gasteiger partial charge >= 0.3 is 0 Å². The zero-order valence-electron chi connectivity index (χ0n) is 6.16. The summed E-state index contributed by atoms with van der Waals surface area (Å²) < 4.78 is 1.85. The van der Waals surface area contributed by atoms with Crippen molar-refractivity contribution in [1.29, 1.82) is 0 Å². The number of rotatable bonds is 1. The summed E-state index contributed by atoms with van der Waals surface area (Å²) in [6.45, 7) is 1.97. The maximum absolute atomic E-state index is 10.7. The van der Waals surface area contributed by atoms with E-state index in [1.807, 2.05) is 18.5 Å². The minimum atomic E-state index is -0.157. The average molecular weight is 138 g/mol. The molecule has 0 aliphatic rings. The van der Waals surface area contributed by atoms with Gasteiger partial charge in [-0.3, -0.25) is 4.79 Å². The van der Waals surface area contributed by atoms with E-state index in [-0.39, 0.29) is 5.56 Å². The van der Waals surface area contributed by atoms with Gasteiger partial charge in [0.25, 0.3) is 5.56 Å². The van der Waals surface area contributed by atoms with Crippen LogP contribution in [0.3, 0.4) is 0 Å². The van der Waals surface area contributed by atoms with Crippen LogP contribution in [0.1, 0.15) is 12.7 Å². The zero-order valence-corrected chi connectivity index (χ0v) is 6.16. The molecule has 10 heavy (non-hydrogen) atoms. The molecule has 0 amide bonds. The first kappa shape index (κ1) is 6.99. The summed E-state index contributed by atoms with van der Waals surface area (Å²) in [6, 6.07) is 1.46. The molecule has 0 aliphatic carbocycles. The van der Waals surface area contributed by atoms with Crippen LogP contribution in [0.2, 0.25) is 0 Å². The van der Waals surface area contributed by atoms with Crippen LogP contribution in [-0.4, -0.2) is 9.55 Å². The van der Waals surface area contributed by atoms with Crippen molar-refractivity contribution in [3.05, 3.63) is 28.4 Å². The molecule has 0 saturated heterocycles. The van der Waals surface area contributed by atoms with Crippen LogP contribution in [0, 0.1) is 0 Å². The normalized spacial score (nSPS) is 9.80. The molecule has 1 aromatic rings. The van der Waals surface area contributed by atoms with Crippen LogP contribution in [0.4, 0.5) is 0 Å².